The lowest BCUT2D eigenvalue weighted by molar-refractivity contribution is -0.139. The number of hydrazine groups is 1. The Morgan fingerprint density at radius 1 is 1.57 bits per heavy atom. The molecule has 1 rings (SSSR count). The first-order valence-corrected chi connectivity index (χ1v) is 4.30. The van der Waals surface area contributed by atoms with Gasteiger partial charge in [-0.15, -0.1) is 0 Å². The van der Waals surface area contributed by atoms with Gasteiger partial charge in [0, 0.05) is 0 Å². The maximum atomic E-state index is 11.0. The maximum Gasteiger partial charge on any atom is 0.310 e. The van der Waals surface area contributed by atoms with Crippen LogP contribution in [0, 0.1) is 6.92 Å². The Bertz CT molecular complexity index is 337. The summed E-state index contributed by atoms with van der Waals surface area (Å²) < 4.78 is 4.58. The monoisotopic (exact) mass is 194 g/mol. The van der Waals surface area contributed by atoms with Crippen LogP contribution in [0.1, 0.15) is 11.1 Å². The minimum atomic E-state index is -0.273. The minimum absolute atomic E-state index is 0.232. The Hall–Kier alpha value is -1.55. The topological polar surface area (TPSA) is 64.3 Å². The molecule has 0 saturated carbocycles. The van der Waals surface area contributed by atoms with Crippen molar-refractivity contribution in [2.45, 2.75) is 13.3 Å². The molecule has 76 valence electrons. The summed E-state index contributed by atoms with van der Waals surface area (Å²) >= 11 is 0. The molecule has 3 N–H and O–H groups in total. The molecule has 14 heavy (non-hydrogen) atoms. The van der Waals surface area contributed by atoms with Crippen LogP contribution in [0.3, 0.4) is 0 Å². The number of carbonyl (C=O) groups excluding carboxylic acids is 1. The number of rotatable bonds is 3. The van der Waals surface area contributed by atoms with E-state index in [1.54, 1.807) is 0 Å². The molecule has 4 heteroatoms. The van der Waals surface area contributed by atoms with Crippen molar-refractivity contribution in [2.75, 3.05) is 12.5 Å². The van der Waals surface area contributed by atoms with Crippen molar-refractivity contribution in [1.82, 2.24) is 0 Å². The molecule has 0 unspecified atom stereocenters. The second-order valence-corrected chi connectivity index (χ2v) is 3.06. The van der Waals surface area contributed by atoms with Crippen molar-refractivity contribution >= 4 is 11.7 Å². The number of carbonyl (C=O) groups is 1. The normalized spacial score (nSPS) is 9.64. The Morgan fingerprint density at radius 2 is 2.29 bits per heavy atom. The van der Waals surface area contributed by atoms with Crippen molar-refractivity contribution < 1.29 is 9.53 Å². The van der Waals surface area contributed by atoms with E-state index in [4.69, 9.17) is 5.84 Å². The number of aryl methyl sites for hydroxylation is 1. The predicted octanol–water partition coefficient (Wildman–Crippen LogP) is 0.996. The van der Waals surface area contributed by atoms with Gasteiger partial charge in [-0.3, -0.25) is 10.6 Å². The fourth-order valence-corrected chi connectivity index (χ4v) is 1.21. The number of methoxy groups -OCH3 is 1. The highest BCUT2D eigenvalue weighted by atomic mass is 16.5. The van der Waals surface area contributed by atoms with E-state index in [1.165, 1.54) is 7.11 Å². The molecule has 0 amide bonds. The Labute approximate surface area is 83.0 Å². The van der Waals surface area contributed by atoms with E-state index in [0.29, 0.717) is 0 Å². The van der Waals surface area contributed by atoms with Crippen LogP contribution in [0.5, 0.6) is 0 Å². The number of benzene rings is 1. The molecule has 0 saturated heterocycles. The molecule has 1 aromatic carbocycles. The molecule has 0 spiro atoms. The largest absolute Gasteiger partial charge is 0.469 e. The molecule has 0 aromatic heterocycles. The van der Waals surface area contributed by atoms with Crippen LogP contribution in [0.2, 0.25) is 0 Å². The van der Waals surface area contributed by atoms with Gasteiger partial charge >= 0.3 is 5.97 Å². The first kappa shape index (κ1) is 10.5. The molecule has 0 fully saturated rings. The molecule has 4 nitrogen and oxygen atoms in total. The number of hydrogen-bond acceptors (Lipinski definition) is 4. The van der Waals surface area contributed by atoms with Crippen molar-refractivity contribution in [3.05, 3.63) is 29.3 Å². The van der Waals surface area contributed by atoms with Crippen LogP contribution in [0.15, 0.2) is 18.2 Å². The molecular formula is C10H14N2O2. The molecule has 0 aliphatic carbocycles. The molecule has 0 radical (unpaired) electrons. The van der Waals surface area contributed by atoms with Gasteiger partial charge in [0.1, 0.15) is 0 Å². The Balaban J connectivity index is 2.90. The predicted molar refractivity (Wildman–Crippen MR) is 54.7 cm³/mol. The molecule has 0 aliphatic rings. The lowest BCUT2D eigenvalue weighted by atomic mass is 10.1. The quantitative estimate of drug-likeness (QED) is 0.428. The second kappa shape index (κ2) is 4.62. The maximum absolute atomic E-state index is 11.0. The zero-order valence-corrected chi connectivity index (χ0v) is 8.33. The molecule has 0 heterocycles. The fourth-order valence-electron chi connectivity index (χ4n) is 1.21. The van der Waals surface area contributed by atoms with Gasteiger partial charge in [-0.25, -0.2) is 0 Å². The van der Waals surface area contributed by atoms with E-state index >= 15 is 0 Å². The van der Waals surface area contributed by atoms with Crippen molar-refractivity contribution in [3.8, 4) is 0 Å². The third-order valence-corrected chi connectivity index (χ3v) is 1.98. The number of ether oxygens (including phenoxy) is 1. The summed E-state index contributed by atoms with van der Waals surface area (Å²) in [6.07, 6.45) is 0.232. The Kier molecular flexibility index (Phi) is 3.48. The van der Waals surface area contributed by atoms with Gasteiger partial charge in [0.25, 0.3) is 0 Å². The summed E-state index contributed by atoms with van der Waals surface area (Å²) in [5.74, 6) is 5.06. The summed E-state index contributed by atoms with van der Waals surface area (Å²) in [4.78, 5) is 11.0. The molecule has 0 bridgehead atoms. The number of hydrogen-bond donors (Lipinski definition) is 2. The van der Waals surface area contributed by atoms with E-state index in [0.717, 1.165) is 16.8 Å². The lowest BCUT2D eigenvalue weighted by Gasteiger charge is -2.08. The van der Waals surface area contributed by atoms with E-state index in [1.807, 2.05) is 25.1 Å². The fraction of sp³-hybridized carbons (Fsp3) is 0.300. The van der Waals surface area contributed by atoms with Crippen LogP contribution in [0.4, 0.5) is 5.69 Å². The summed E-state index contributed by atoms with van der Waals surface area (Å²) in [6, 6.07) is 5.68. The molecule has 1 aromatic rings. The second-order valence-electron chi connectivity index (χ2n) is 3.06. The smallest absolute Gasteiger partial charge is 0.310 e. The molecular weight excluding hydrogens is 180 g/mol. The van der Waals surface area contributed by atoms with Crippen molar-refractivity contribution in [3.63, 3.8) is 0 Å². The van der Waals surface area contributed by atoms with Crippen LogP contribution in [-0.2, 0) is 16.0 Å². The standard InChI is InChI=1S/C10H14N2O2/c1-7-3-4-8(6-10(13)14-2)9(5-7)12-11/h3-5,12H,6,11H2,1-2H3. The first-order chi connectivity index (χ1) is 6.67. The third-order valence-electron chi connectivity index (χ3n) is 1.98. The highest BCUT2D eigenvalue weighted by Crippen LogP contribution is 2.17. The summed E-state index contributed by atoms with van der Waals surface area (Å²) in [5.41, 5.74) is 5.25. The number of nitrogens with two attached hydrogens (primary N) is 1. The third kappa shape index (κ3) is 2.47. The van der Waals surface area contributed by atoms with Gasteiger partial charge in [-0.2, -0.15) is 0 Å². The van der Waals surface area contributed by atoms with E-state index in [-0.39, 0.29) is 12.4 Å². The molecule has 0 atom stereocenters. The Morgan fingerprint density at radius 3 is 2.86 bits per heavy atom. The highest BCUT2D eigenvalue weighted by molar-refractivity contribution is 5.75. The van der Waals surface area contributed by atoms with Crippen LogP contribution in [0.25, 0.3) is 0 Å². The van der Waals surface area contributed by atoms with Gasteiger partial charge in [0.05, 0.1) is 19.2 Å². The van der Waals surface area contributed by atoms with Crippen molar-refractivity contribution in [1.29, 1.82) is 0 Å². The zero-order valence-electron chi connectivity index (χ0n) is 8.33. The van der Waals surface area contributed by atoms with Gasteiger partial charge < -0.3 is 10.2 Å². The highest BCUT2D eigenvalue weighted by Gasteiger charge is 2.07. The summed E-state index contributed by atoms with van der Waals surface area (Å²) in [5, 5.41) is 0. The number of esters is 1. The SMILES string of the molecule is COC(=O)Cc1ccc(C)cc1NN. The van der Waals surface area contributed by atoms with E-state index in [9.17, 15) is 4.79 Å². The average molecular weight is 194 g/mol. The summed E-state index contributed by atoms with van der Waals surface area (Å²) in [6.45, 7) is 1.96. The van der Waals surface area contributed by atoms with Crippen LogP contribution >= 0.6 is 0 Å². The minimum Gasteiger partial charge on any atom is -0.469 e. The van der Waals surface area contributed by atoms with Crippen LogP contribution in [-0.4, -0.2) is 13.1 Å². The van der Waals surface area contributed by atoms with E-state index < -0.39 is 0 Å². The summed E-state index contributed by atoms with van der Waals surface area (Å²) in [7, 11) is 1.37. The number of nitrogen functional groups attached to an aromatic ring is 1. The van der Waals surface area contributed by atoms with Gasteiger partial charge in [0.2, 0.25) is 0 Å². The van der Waals surface area contributed by atoms with Gasteiger partial charge in [-0.05, 0) is 24.1 Å². The number of anilines is 1. The van der Waals surface area contributed by atoms with E-state index in [2.05, 4.69) is 10.2 Å². The zero-order chi connectivity index (χ0) is 10.6. The van der Waals surface area contributed by atoms with Crippen LogP contribution < -0.4 is 11.3 Å². The van der Waals surface area contributed by atoms with Gasteiger partial charge in [-0.1, -0.05) is 12.1 Å². The van der Waals surface area contributed by atoms with Crippen molar-refractivity contribution in [2.24, 2.45) is 5.84 Å². The average Bonchev–Trinajstić information content (AvgIpc) is 2.20. The lowest BCUT2D eigenvalue weighted by Crippen LogP contribution is -2.12. The molecule has 0 aliphatic heterocycles. The number of nitrogens with one attached hydrogen (secondary N) is 1. The van der Waals surface area contributed by atoms with Gasteiger partial charge in [0.15, 0.2) is 0 Å². The first-order valence-electron chi connectivity index (χ1n) is 4.30.